The van der Waals surface area contributed by atoms with Crippen LogP contribution in [-0.4, -0.2) is 53.4 Å². The molecule has 1 aliphatic heterocycles. The third-order valence-electron chi connectivity index (χ3n) is 5.46. The van der Waals surface area contributed by atoms with Gasteiger partial charge >= 0.3 is 0 Å². The van der Waals surface area contributed by atoms with E-state index in [-0.39, 0.29) is 5.91 Å². The number of hydrogen-bond donors (Lipinski definition) is 1. The van der Waals surface area contributed by atoms with E-state index in [1.807, 2.05) is 44.2 Å². The molecule has 30 heavy (non-hydrogen) atoms. The molecule has 0 atom stereocenters. The maximum Gasteiger partial charge on any atom is 0.238 e. The van der Waals surface area contributed by atoms with Crippen LogP contribution < -0.4 is 5.32 Å². The zero-order valence-electron chi connectivity index (χ0n) is 17.6. The number of aromatic nitrogens is 1. The lowest BCUT2D eigenvalue weighted by Crippen LogP contribution is -2.48. The zero-order chi connectivity index (χ0) is 20.9. The van der Waals surface area contributed by atoms with Crippen molar-refractivity contribution >= 4 is 22.9 Å². The van der Waals surface area contributed by atoms with Crippen molar-refractivity contribution in [2.45, 2.75) is 20.4 Å². The first-order valence-electron chi connectivity index (χ1n) is 10.4. The molecule has 5 nitrogen and oxygen atoms in total. The van der Waals surface area contributed by atoms with Gasteiger partial charge in [0.1, 0.15) is 5.01 Å². The largest absolute Gasteiger partial charge is 0.325 e. The van der Waals surface area contributed by atoms with Gasteiger partial charge in [0, 0.05) is 49.4 Å². The maximum absolute atomic E-state index is 12.5. The summed E-state index contributed by atoms with van der Waals surface area (Å²) in [6.07, 6.45) is 0. The Morgan fingerprint density at radius 1 is 1.03 bits per heavy atom. The van der Waals surface area contributed by atoms with Gasteiger partial charge in [-0.1, -0.05) is 42.5 Å². The average molecular weight is 421 g/mol. The number of amides is 1. The third-order valence-corrected chi connectivity index (χ3v) is 6.40. The monoisotopic (exact) mass is 420 g/mol. The fourth-order valence-corrected chi connectivity index (χ4v) is 4.51. The molecule has 2 heterocycles. The summed E-state index contributed by atoms with van der Waals surface area (Å²) >= 11 is 1.70. The van der Waals surface area contributed by atoms with Crippen LogP contribution in [0, 0.1) is 13.8 Å². The molecule has 3 aromatic rings. The van der Waals surface area contributed by atoms with Crippen molar-refractivity contribution in [3.63, 3.8) is 0 Å². The van der Waals surface area contributed by atoms with E-state index in [2.05, 4.69) is 38.7 Å². The number of nitrogens with zero attached hydrogens (tertiary/aromatic N) is 3. The summed E-state index contributed by atoms with van der Waals surface area (Å²) in [5, 5.41) is 6.30. The fraction of sp³-hybridized carbons (Fsp3) is 0.333. The lowest BCUT2D eigenvalue weighted by Gasteiger charge is -2.33. The molecule has 0 radical (unpaired) electrons. The van der Waals surface area contributed by atoms with Crippen LogP contribution in [0.3, 0.4) is 0 Å². The minimum absolute atomic E-state index is 0.0594. The third kappa shape index (κ3) is 5.33. The predicted molar refractivity (Wildman–Crippen MR) is 124 cm³/mol. The highest BCUT2D eigenvalue weighted by atomic mass is 32.1. The molecule has 0 unspecified atom stereocenters. The summed E-state index contributed by atoms with van der Waals surface area (Å²) in [7, 11) is 0. The van der Waals surface area contributed by atoms with Crippen molar-refractivity contribution in [1.82, 2.24) is 14.8 Å². The number of carbonyl (C=O) groups excluding carboxylic acids is 1. The Morgan fingerprint density at radius 2 is 1.77 bits per heavy atom. The van der Waals surface area contributed by atoms with Crippen LogP contribution in [0.2, 0.25) is 0 Å². The zero-order valence-corrected chi connectivity index (χ0v) is 18.4. The lowest BCUT2D eigenvalue weighted by atomic mass is 10.1. The van der Waals surface area contributed by atoms with Crippen LogP contribution >= 0.6 is 11.3 Å². The number of anilines is 1. The summed E-state index contributed by atoms with van der Waals surface area (Å²) < 4.78 is 0. The van der Waals surface area contributed by atoms with Crippen LogP contribution in [0.25, 0.3) is 10.6 Å². The molecule has 0 bridgehead atoms. The number of hydrogen-bond acceptors (Lipinski definition) is 5. The molecular weight excluding hydrogens is 392 g/mol. The number of rotatable bonds is 6. The van der Waals surface area contributed by atoms with Gasteiger partial charge in [0.15, 0.2) is 0 Å². The summed E-state index contributed by atoms with van der Waals surface area (Å²) in [5.74, 6) is 0.0594. The molecule has 4 rings (SSSR count). The maximum atomic E-state index is 12.5. The van der Waals surface area contributed by atoms with Gasteiger partial charge in [-0.15, -0.1) is 11.3 Å². The van der Waals surface area contributed by atoms with Crippen molar-refractivity contribution < 1.29 is 4.79 Å². The second-order valence-electron chi connectivity index (χ2n) is 7.93. The number of aryl methyl sites for hydroxylation is 2. The van der Waals surface area contributed by atoms with Crippen molar-refractivity contribution in [3.05, 3.63) is 70.7 Å². The Kier molecular flexibility index (Phi) is 6.57. The molecule has 2 aromatic carbocycles. The van der Waals surface area contributed by atoms with Crippen LogP contribution in [0.4, 0.5) is 5.69 Å². The number of nitrogens with one attached hydrogen (secondary N) is 1. The fourth-order valence-electron chi connectivity index (χ4n) is 3.69. The van der Waals surface area contributed by atoms with Gasteiger partial charge < -0.3 is 5.32 Å². The highest BCUT2D eigenvalue weighted by molar-refractivity contribution is 7.13. The molecule has 6 heteroatoms. The first-order chi connectivity index (χ1) is 14.6. The van der Waals surface area contributed by atoms with Gasteiger partial charge in [-0.05, 0) is 31.0 Å². The minimum atomic E-state index is 0.0594. The van der Waals surface area contributed by atoms with Crippen molar-refractivity contribution in [2.75, 3.05) is 38.0 Å². The summed E-state index contributed by atoms with van der Waals surface area (Å²) in [4.78, 5) is 21.9. The van der Waals surface area contributed by atoms with Gasteiger partial charge in [-0.3, -0.25) is 14.6 Å². The van der Waals surface area contributed by atoms with Gasteiger partial charge in [0.25, 0.3) is 0 Å². The van der Waals surface area contributed by atoms with Gasteiger partial charge in [-0.25, -0.2) is 4.98 Å². The molecule has 1 fully saturated rings. The van der Waals surface area contributed by atoms with Crippen LogP contribution in [0.15, 0.2) is 53.9 Å². The second-order valence-corrected chi connectivity index (χ2v) is 8.79. The van der Waals surface area contributed by atoms with Crippen molar-refractivity contribution in [2.24, 2.45) is 0 Å². The van der Waals surface area contributed by atoms with Gasteiger partial charge in [-0.2, -0.15) is 0 Å². The number of thiazole rings is 1. The van der Waals surface area contributed by atoms with E-state index in [9.17, 15) is 4.79 Å². The number of carbonyl (C=O) groups is 1. The molecule has 1 N–H and O–H groups in total. The molecule has 1 aliphatic rings. The van der Waals surface area contributed by atoms with E-state index in [0.717, 1.165) is 60.2 Å². The summed E-state index contributed by atoms with van der Waals surface area (Å²) in [5.41, 5.74) is 5.46. The van der Waals surface area contributed by atoms with E-state index in [1.165, 1.54) is 5.56 Å². The molecule has 1 amide bonds. The van der Waals surface area contributed by atoms with E-state index >= 15 is 0 Å². The number of benzene rings is 2. The molecule has 0 aliphatic carbocycles. The summed E-state index contributed by atoms with van der Waals surface area (Å²) in [6, 6.07) is 16.5. The standard InChI is InChI=1S/C24H28N4OS/c1-18-8-9-19(2)22(14-18)26-23(29)16-28-12-10-27(11-13-28)15-21-17-30-24(25-21)20-6-4-3-5-7-20/h3-9,14,17H,10-13,15-16H2,1-2H3,(H,26,29). The topological polar surface area (TPSA) is 48.5 Å². The van der Waals surface area contributed by atoms with Crippen LogP contribution in [-0.2, 0) is 11.3 Å². The Hall–Kier alpha value is -2.54. The number of piperazine rings is 1. The van der Waals surface area contributed by atoms with E-state index in [4.69, 9.17) is 4.98 Å². The predicted octanol–water partition coefficient (Wildman–Crippen LogP) is 4.18. The molecular formula is C24H28N4OS. The molecule has 0 saturated carbocycles. The second kappa shape index (κ2) is 9.51. The molecule has 0 spiro atoms. The molecule has 1 saturated heterocycles. The van der Waals surface area contributed by atoms with Crippen molar-refractivity contribution in [3.8, 4) is 10.6 Å². The highest BCUT2D eigenvalue weighted by Gasteiger charge is 2.20. The van der Waals surface area contributed by atoms with Crippen LogP contribution in [0.5, 0.6) is 0 Å². The highest BCUT2D eigenvalue weighted by Crippen LogP contribution is 2.24. The van der Waals surface area contributed by atoms with Crippen LogP contribution in [0.1, 0.15) is 16.8 Å². The molecule has 156 valence electrons. The van der Waals surface area contributed by atoms with E-state index < -0.39 is 0 Å². The van der Waals surface area contributed by atoms with E-state index in [0.29, 0.717) is 6.54 Å². The summed E-state index contributed by atoms with van der Waals surface area (Å²) in [6.45, 7) is 9.08. The lowest BCUT2D eigenvalue weighted by molar-refractivity contribution is -0.117. The average Bonchev–Trinajstić information content (AvgIpc) is 3.21. The SMILES string of the molecule is Cc1ccc(C)c(NC(=O)CN2CCN(Cc3csc(-c4ccccc4)n3)CC2)c1. The first-order valence-corrected chi connectivity index (χ1v) is 11.3. The normalized spacial score (nSPS) is 15.3. The Balaban J connectivity index is 1.25. The van der Waals surface area contributed by atoms with Gasteiger partial charge in [0.05, 0.1) is 12.2 Å². The smallest absolute Gasteiger partial charge is 0.238 e. The Labute approximate surface area is 182 Å². The minimum Gasteiger partial charge on any atom is -0.325 e. The van der Waals surface area contributed by atoms with Crippen molar-refractivity contribution in [1.29, 1.82) is 0 Å². The Morgan fingerprint density at radius 3 is 2.53 bits per heavy atom. The quantitative estimate of drug-likeness (QED) is 0.650. The van der Waals surface area contributed by atoms with Gasteiger partial charge in [0.2, 0.25) is 5.91 Å². The van der Waals surface area contributed by atoms with E-state index in [1.54, 1.807) is 11.3 Å². The molecule has 1 aromatic heterocycles. The Bertz CT molecular complexity index is 993. The first kappa shape index (κ1) is 20.7.